The van der Waals surface area contributed by atoms with Gasteiger partial charge in [-0.1, -0.05) is 59.1 Å². The SMILES string of the molecule is BrCCCCCCOc1cc[c]c2ccccc12. The fourth-order valence-corrected chi connectivity index (χ4v) is 2.38. The molecule has 0 atom stereocenters. The zero-order valence-corrected chi connectivity index (χ0v) is 12.1. The first-order valence-corrected chi connectivity index (χ1v) is 7.62. The average Bonchev–Trinajstić information content (AvgIpc) is 2.43. The molecule has 0 N–H and O–H groups in total. The van der Waals surface area contributed by atoms with E-state index in [1.807, 2.05) is 24.3 Å². The maximum atomic E-state index is 5.87. The van der Waals surface area contributed by atoms with Crippen LogP contribution in [0.5, 0.6) is 5.75 Å². The summed E-state index contributed by atoms with van der Waals surface area (Å²) in [5.74, 6) is 0.977. The molecule has 2 aromatic rings. The van der Waals surface area contributed by atoms with Crippen molar-refractivity contribution >= 4 is 26.7 Å². The second kappa shape index (κ2) is 7.42. The molecule has 0 saturated carbocycles. The highest BCUT2D eigenvalue weighted by molar-refractivity contribution is 9.09. The number of ether oxygens (including phenoxy) is 1. The summed E-state index contributed by atoms with van der Waals surface area (Å²) in [7, 11) is 0. The molecule has 0 fully saturated rings. The third-order valence-electron chi connectivity index (χ3n) is 2.95. The summed E-state index contributed by atoms with van der Waals surface area (Å²) >= 11 is 3.45. The van der Waals surface area contributed by atoms with Crippen molar-refractivity contribution in [3.63, 3.8) is 0 Å². The fraction of sp³-hybridized carbons (Fsp3) is 0.375. The van der Waals surface area contributed by atoms with Crippen LogP contribution in [0.1, 0.15) is 25.7 Å². The Morgan fingerprint density at radius 2 is 1.83 bits per heavy atom. The van der Waals surface area contributed by atoms with E-state index >= 15 is 0 Å². The highest BCUT2D eigenvalue weighted by atomic mass is 79.9. The van der Waals surface area contributed by atoms with Crippen LogP contribution in [0.25, 0.3) is 10.8 Å². The first kappa shape index (κ1) is 13.4. The van der Waals surface area contributed by atoms with Gasteiger partial charge in [0.05, 0.1) is 6.61 Å². The van der Waals surface area contributed by atoms with Crippen LogP contribution in [0.3, 0.4) is 0 Å². The second-order valence-electron chi connectivity index (χ2n) is 4.34. The Morgan fingerprint density at radius 1 is 1.00 bits per heavy atom. The van der Waals surface area contributed by atoms with Crippen LogP contribution in [0.2, 0.25) is 0 Å². The van der Waals surface area contributed by atoms with E-state index in [9.17, 15) is 0 Å². The first-order chi connectivity index (χ1) is 8.92. The normalized spacial score (nSPS) is 10.7. The molecular weight excluding hydrogens is 288 g/mol. The van der Waals surface area contributed by atoms with Gasteiger partial charge >= 0.3 is 0 Å². The lowest BCUT2D eigenvalue weighted by molar-refractivity contribution is 0.308. The van der Waals surface area contributed by atoms with Crippen LogP contribution < -0.4 is 4.74 Å². The Balaban J connectivity index is 1.88. The van der Waals surface area contributed by atoms with Gasteiger partial charge in [0.25, 0.3) is 0 Å². The fourth-order valence-electron chi connectivity index (χ4n) is 1.98. The molecular formula is C16H18BrO. The largest absolute Gasteiger partial charge is 0.493 e. The minimum atomic E-state index is 0.802. The van der Waals surface area contributed by atoms with Gasteiger partial charge in [-0.2, -0.15) is 0 Å². The molecule has 0 heterocycles. The number of fused-ring (bicyclic) bond motifs is 1. The molecule has 0 spiro atoms. The number of benzene rings is 2. The summed E-state index contributed by atoms with van der Waals surface area (Å²) in [5.41, 5.74) is 0. The lowest BCUT2D eigenvalue weighted by Crippen LogP contribution is -1.97. The lowest BCUT2D eigenvalue weighted by atomic mass is 10.1. The third kappa shape index (κ3) is 3.74. The quantitative estimate of drug-likeness (QED) is 0.518. The molecule has 2 heteroatoms. The van der Waals surface area contributed by atoms with Crippen molar-refractivity contribution in [2.45, 2.75) is 25.7 Å². The van der Waals surface area contributed by atoms with E-state index in [1.54, 1.807) is 0 Å². The Bertz CT molecular complexity index is 476. The van der Waals surface area contributed by atoms with Gasteiger partial charge in [-0.25, -0.2) is 0 Å². The third-order valence-corrected chi connectivity index (χ3v) is 3.51. The van der Waals surface area contributed by atoms with Crippen molar-refractivity contribution in [1.82, 2.24) is 0 Å². The minimum absolute atomic E-state index is 0.802. The van der Waals surface area contributed by atoms with Crippen LogP contribution in [0.15, 0.2) is 36.4 Å². The van der Waals surface area contributed by atoms with Gasteiger partial charge in [-0.3, -0.25) is 0 Å². The molecule has 0 aliphatic rings. The van der Waals surface area contributed by atoms with Gasteiger partial charge in [0, 0.05) is 10.7 Å². The van der Waals surface area contributed by atoms with Gasteiger partial charge in [0.1, 0.15) is 5.75 Å². The second-order valence-corrected chi connectivity index (χ2v) is 5.13. The van der Waals surface area contributed by atoms with Gasteiger partial charge in [0.2, 0.25) is 0 Å². The molecule has 1 nitrogen and oxygen atoms in total. The first-order valence-electron chi connectivity index (χ1n) is 6.50. The maximum Gasteiger partial charge on any atom is 0.127 e. The van der Waals surface area contributed by atoms with E-state index in [-0.39, 0.29) is 0 Å². The number of hydrogen-bond donors (Lipinski definition) is 0. The molecule has 0 aliphatic carbocycles. The molecule has 0 saturated heterocycles. The summed E-state index contributed by atoms with van der Waals surface area (Å²) in [4.78, 5) is 0. The standard InChI is InChI=1S/C16H18BrO/c17-12-5-1-2-6-13-18-16-11-7-9-14-8-3-4-10-15(14)16/h3-4,7-8,10-11H,1-2,5-6,12-13H2. The van der Waals surface area contributed by atoms with Crippen molar-refractivity contribution in [3.8, 4) is 5.75 Å². The summed E-state index contributed by atoms with van der Waals surface area (Å²) in [6.45, 7) is 0.802. The van der Waals surface area contributed by atoms with Crippen LogP contribution >= 0.6 is 15.9 Å². The van der Waals surface area contributed by atoms with Crippen LogP contribution in [-0.4, -0.2) is 11.9 Å². The number of rotatable bonds is 7. The highest BCUT2D eigenvalue weighted by Gasteiger charge is 2.00. The van der Waals surface area contributed by atoms with E-state index in [0.29, 0.717) is 0 Å². The molecule has 0 aromatic heterocycles. The predicted molar refractivity (Wildman–Crippen MR) is 80.5 cm³/mol. The number of alkyl halides is 1. The summed E-state index contributed by atoms with van der Waals surface area (Å²) in [6, 6.07) is 15.4. The van der Waals surface area contributed by atoms with E-state index in [4.69, 9.17) is 4.74 Å². The molecule has 95 valence electrons. The smallest absolute Gasteiger partial charge is 0.127 e. The van der Waals surface area contributed by atoms with Crippen LogP contribution in [0, 0.1) is 6.07 Å². The maximum absolute atomic E-state index is 5.87. The molecule has 2 aromatic carbocycles. The molecule has 0 unspecified atom stereocenters. The van der Waals surface area contributed by atoms with E-state index in [1.165, 1.54) is 19.3 Å². The summed E-state index contributed by atoms with van der Waals surface area (Å²) < 4.78 is 5.87. The minimum Gasteiger partial charge on any atom is -0.493 e. The Morgan fingerprint density at radius 3 is 2.72 bits per heavy atom. The van der Waals surface area contributed by atoms with Gasteiger partial charge in [-0.05, 0) is 30.4 Å². The van der Waals surface area contributed by atoms with Crippen molar-refractivity contribution < 1.29 is 4.74 Å². The summed E-state index contributed by atoms with van der Waals surface area (Å²) in [6.07, 6.45) is 4.89. The zero-order valence-electron chi connectivity index (χ0n) is 10.5. The van der Waals surface area contributed by atoms with Gasteiger partial charge in [-0.15, -0.1) is 0 Å². The predicted octanol–water partition coefficient (Wildman–Crippen LogP) is 4.97. The summed E-state index contributed by atoms with van der Waals surface area (Å²) in [5, 5.41) is 3.38. The van der Waals surface area contributed by atoms with Gasteiger partial charge < -0.3 is 4.74 Å². The highest BCUT2D eigenvalue weighted by Crippen LogP contribution is 2.24. The molecule has 2 rings (SSSR count). The Kier molecular flexibility index (Phi) is 5.53. The molecule has 0 bridgehead atoms. The Labute approximate surface area is 117 Å². The molecule has 18 heavy (non-hydrogen) atoms. The van der Waals surface area contributed by atoms with Crippen LogP contribution in [0.4, 0.5) is 0 Å². The molecule has 0 aliphatic heterocycles. The monoisotopic (exact) mass is 305 g/mol. The van der Waals surface area contributed by atoms with E-state index in [2.05, 4.69) is 34.1 Å². The Hall–Kier alpha value is -1.02. The van der Waals surface area contributed by atoms with E-state index in [0.717, 1.165) is 34.9 Å². The van der Waals surface area contributed by atoms with Crippen molar-refractivity contribution in [2.24, 2.45) is 0 Å². The van der Waals surface area contributed by atoms with Crippen molar-refractivity contribution in [2.75, 3.05) is 11.9 Å². The topological polar surface area (TPSA) is 9.23 Å². The van der Waals surface area contributed by atoms with Crippen LogP contribution in [-0.2, 0) is 0 Å². The van der Waals surface area contributed by atoms with Gasteiger partial charge in [0.15, 0.2) is 0 Å². The number of halogens is 1. The number of hydrogen-bond acceptors (Lipinski definition) is 1. The van der Waals surface area contributed by atoms with Crippen molar-refractivity contribution in [1.29, 1.82) is 0 Å². The average molecular weight is 306 g/mol. The van der Waals surface area contributed by atoms with E-state index < -0.39 is 0 Å². The molecule has 0 amide bonds. The lowest BCUT2D eigenvalue weighted by Gasteiger charge is -2.08. The molecule has 1 radical (unpaired) electrons. The number of unbranched alkanes of at least 4 members (excludes halogenated alkanes) is 3. The van der Waals surface area contributed by atoms with Crippen molar-refractivity contribution in [3.05, 3.63) is 42.5 Å². The zero-order chi connectivity index (χ0) is 12.6.